The van der Waals surface area contributed by atoms with Gasteiger partial charge >= 0.3 is 0 Å². The highest BCUT2D eigenvalue weighted by molar-refractivity contribution is 5.96. The van der Waals surface area contributed by atoms with Crippen molar-refractivity contribution in [3.05, 3.63) is 90.3 Å². The van der Waals surface area contributed by atoms with Crippen LogP contribution in [0.1, 0.15) is 37.3 Å². The van der Waals surface area contributed by atoms with Gasteiger partial charge in [-0.2, -0.15) is 5.10 Å². The monoisotopic (exact) mass is 410 g/mol. The number of nitrogens with zero attached hydrogens (tertiary/aromatic N) is 2. The van der Waals surface area contributed by atoms with Gasteiger partial charge in [0.25, 0.3) is 0 Å². The topological polar surface area (TPSA) is 43.4 Å². The van der Waals surface area contributed by atoms with E-state index >= 15 is 0 Å². The summed E-state index contributed by atoms with van der Waals surface area (Å²) in [7, 11) is 0. The Hall–Kier alpha value is -3.53. The molecule has 0 saturated carbocycles. The molecule has 4 nitrogen and oxygen atoms in total. The lowest BCUT2D eigenvalue weighted by atomic mass is 10.1. The number of hydrazone groups is 1. The Bertz CT molecular complexity index is 1110. The van der Waals surface area contributed by atoms with Crippen molar-refractivity contribution in [2.24, 2.45) is 5.10 Å². The van der Waals surface area contributed by atoms with Crippen LogP contribution in [0.25, 0.3) is 23.1 Å². The Balaban J connectivity index is 1.29. The number of hydrogen-bond acceptors (Lipinski definition) is 3. The van der Waals surface area contributed by atoms with Crippen LogP contribution in [0.4, 0.5) is 5.69 Å². The summed E-state index contributed by atoms with van der Waals surface area (Å²) in [6.07, 6.45) is 14.0. The van der Waals surface area contributed by atoms with Crippen molar-refractivity contribution >= 4 is 34.5 Å². The second kappa shape index (κ2) is 9.98. The molecule has 1 aliphatic heterocycles. The van der Waals surface area contributed by atoms with Crippen molar-refractivity contribution in [1.29, 1.82) is 0 Å². The molecular weight excluding hydrogens is 380 g/mol. The van der Waals surface area contributed by atoms with Gasteiger partial charge in [-0.1, -0.05) is 43.0 Å². The Morgan fingerprint density at radius 3 is 2.52 bits per heavy atom. The van der Waals surface area contributed by atoms with Crippen LogP contribution >= 0.6 is 0 Å². The van der Waals surface area contributed by atoms with Crippen molar-refractivity contribution in [3.8, 4) is 0 Å². The molecule has 4 heteroatoms. The maximum absolute atomic E-state index is 4.40. The third kappa shape index (κ3) is 5.76. The van der Waals surface area contributed by atoms with Crippen LogP contribution < -0.4 is 10.3 Å². The normalized spacial score (nSPS) is 15.3. The highest BCUT2D eigenvalue weighted by Crippen LogP contribution is 2.20. The van der Waals surface area contributed by atoms with E-state index in [1.807, 2.05) is 31.3 Å². The van der Waals surface area contributed by atoms with Crippen LogP contribution in [0.2, 0.25) is 0 Å². The van der Waals surface area contributed by atoms with Crippen LogP contribution in [0.5, 0.6) is 0 Å². The van der Waals surface area contributed by atoms with E-state index in [0.717, 1.165) is 22.5 Å². The number of H-pyrrole nitrogens is 1. The largest absolute Gasteiger partial charge is 0.372 e. The number of benzene rings is 2. The van der Waals surface area contributed by atoms with Gasteiger partial charge in [-0.25, -0.2) is 0 Å². The lowest BCUT2D eigenvalue weighted by Crippen LogP contribution is -2.29. The number of hydrogen-bond donors (Lipinski definition) is 2. The van der Waals surface area contributed by atoms with E-state index < -0.39 is 0 Å². The molecule has 1 aromatic heterocycles. The summed E-state index contributed by atoms with van der Waals surface area (Å²) in [5, 5.41) is 5.61. The number of rotatable bonds is 7. The molecule has 2 N–H and O–H groups in total. The minimum Gasteiger partial charge on any atom is -0.372 e. The molecule has 4 rings (SSSR count). The molecule has 3 aromatic rings. The van der Waals surface area contributed by atoms with E-state index in [2.05, 4.69) is 81.6 Å². The summed E-state index contributed by atoms with van der Waals surface area (Å²) >= 11 is 0. The van der Waals surface area contributed by atoms with Crippen molar-refractivity contribution in [3.63, 3.8) is 0 Å². The van der Waals surface area contributed by atoms with E-state index in [1.54, 1.807) is 0 Å². The molecule has 2 aromatic carbocycles. The van der Waals surface area contributed by atoms with E-state index in [4.69, 9.17) is 0 Å². The van der Waals surface area contributed by atoms with E-state index in [9.17, 15) is 0 Å². The first-order valence-electron chi connectivity index (χ1n) is 10.9. The average molecular weight is 411 g/mol. The van der Waals surface area contributed by atoms with Gasteiger partial charge in [0, 0.05) is 36.2 Å². The van der Waals surface area contributed by atoms with Gasteiger partial charge in [-0.05, 0) is 79.1 Å². The van der Waals surface area contributed by atoms with E-state index in [0.29, 0.717) is 0 Å². The van der Waals surface area contributed by atoms with Crippen LogP contribution in [-0.2, 0) is 0 Å². The third-order valence-corrected chi connectivity index (χ3v) is 5.56. The molecule has 1 aliphatic rings. The first kappa shape index (κ1) is 20.7. The fourth-order valence-electron chi connectivity index (χ4n) is 3.77. The van der Waals surface area contributed by atoms with Gasteiger partial charge in [0.15, 0.2) is 0 Å². The maximum Gasteiger partial charge on any atom is 0.0576 e. The van der Waals surface area contributed by atoms with Crippen LogP contribution in [-0.4, -0.2) is 23.8 Å². The summed E-state index contributed by atoms with van der Waals surface area (Å²) in [4.78, 5) is 5.71. The molecule has 0 unspecified atom stereocenters. The molecule has 1 fully saturated rings. The van der Waals surface area contributed by atoms with Crippen molar-refractivity contribution in [2.75, 3.05) is 18.0 Å². The molecule has 31 heavy (non-hydrogen) atoms. The summed E-state index contributed by atoms with van der Waals surface area (Å²) in [5.74, 6) is 0. The smallest absolute Gasteiger partial charge is 0.0576 e. The number of aromatic amines is 1. The second-order valence-electron chi connectivity index (χ2n) is 8.02. The van der Waals surface area contributed by atoms with Gasteiger partial charge in [-0.3, -0.25) is 5.43 Å². The van der Waals surface area contributed by atoms with Gasteiger partial charge < -0.3 is 9.88 Å². The summed E-state index contributed by atoms with van der Waals surface area (Å²) in [5.41, 5.74) is 9.39. The van der Waals surface area contributed by atoms with Crippen LogP contribution in [0, 0.1) is 0 Å². The Morgan fingerprint density at radius 2 is 1.71 bits per heavy atom. The lowest BCUT2D eigenvalue weighted by Gasteiger charge is -2.28. The number of piperidine rings is 1. The Labute approximate surface area is 184 Å². The SMILES string of the molecule is C=C(/C=C/c1ccc2cc[nH]c2c1)N/N=C(C)/C=C/c1ccc(N2CCCCC2)cc1. The zero-order valence-corrected chi connectivity index (χ0v) is 18.1. The van der Waals surface area contributed by atoms with Gasteiger partial charge in [0.05, 0.1) is 5.71 Å². The quantitative estimate of drug-likeness (QED) is 0.270. The second-order valence-corrected chi connectivity index (χ2v) is 8.02. The highest BCUT2D eigenvalue weighted by atomic mass is 15.3. The average Bonchev–Trinajstić information content (AvgIpc) is 3.29. The third-order valence-electron chi connectivity index (χ3n) is 5.56. The predicted octanol–water partition coefficient (Wildman–Crippen LogP) is 6.36. The summed E-state index contributed by atoms with van der Waals surface area (Å²) in [6, 6.07) is 17.2. The van der Waals surface area contributed by atoms with E-state index in [1.165, 1.54) is 49.0 Å². The highest BCUT2D eigenvalue weighted by Gasteiger charge is 2.10. The fraction of sp³-hybridized carbons (Fsp3) is 0.222. The summed E-state index contributed by atoms with van der Waals surface area (Å²) < 4.78 is 0. The molecule has 158 valence electrons. The number of fused-ring (bicyclic) bond motifs is 1. The minimum atomic E-state index is 0.741. The predicted molar refractivity (Wildman–Crippen MR) is 134 cm³/mol. The first-order valence-corrected chi connectivity index (χ1v) is 10.9. The van der Waals surface area contributed by atoms with E-state index in [-0.39, 0.29) is 0 Å². The standard InChI is InChI=1S/C27H30N4/c1-21(6-8-23-11-14-26(15-12-23)31-18-4-3-5-19-31)29-30-22(2)7-9-24-10-13-25-16-17-28-27(25)20-24/h6-17,20,28,30H,2-5,18-19H2,1H3/b8-6+,9-7+,29-21+. The van der Waals surface area contributed by atoms with Crippen molar-refractivity contribution in [1.82, 2.24) is 10.4 Å². The van der Waals surface area contributed by atoms with Gasteiger partial charge in [0.2, 0.25) is 0 Å². The Kier molecular flexibility index (Phi) is 6.68. The van der Waals surface area contributed by atoms with Crippen molar-refractivity contribution in [2.45, 2.75) is 26.2 Å². The maximum atomic E-state index is 4.40. The van der Waals surface area contributed by atoms with Crippen LogP contribution in [0.3, 0.4) is 0 Å². The Morgan fingerprint density at radius 1 is 0.968 bits per heavy atom. The molecule has 0 radical (unpaired) electrons. The molecule has 2 heterocycles. The molecule has 0 spiro atoms. The fourth-order valence-corrected chi connectivity index (χ4v) is 3.77. The van der Waals surface area contributed by atoms with Crippen molar-refractivity contribution < 1.29 is 0 Å². The molecular formula is C27H30N4. The number of aromatic nitrogens is 1. The molecule has 0 bridgehead atoms. The lowest BCUT2D eigenvalue weighted by molar-refractivity contribution is 0.578. The number of anilines is 1. The number of nitrogens with one attached hydrogen (secondary N) is 2. The number of allylic oxidation sites excluding steroid dienone is 2. The van der Waals surface area contributed by atoms with Gasteiger partial charge in [0.1, 0.15) is 0 Å². The van der Waals surface area contributed by atoms with Gasteiger partial charge in [-0.15, -0.1) is 0 Å². The zero-order chi connectivity index (χ0) is 21.5. The summed E-state index contributed by atoms with van der Waals surface area (Å²) in [6.45, 7) is 8.34. The molecule has 0 amide bonds. The van der Waals surface area contributed by atoms with Crippen LogP contribution in [0.15, 0.2) is 84.3 Å². The first-order chi connectivity index (χ1) is 15.2. The zero-order valence-electron chi connectivity index (χ0n) is 18.1. The molecule has 0 aliphatic carbocycles. The molecule has 0 atom stereocenters. The minimum absolute atomic E-state index is 0.741. The molecule has 1 saturated heterocycles.